The van der Waals surface area contributed by atoms with Gasteiger partial charge in [0, 0.05) is 23.7 Å². The number of hydrogen-bond donors (Lipinski definition) is 3. The molecule has 3 N–H and O–H groups in total. The fraction of sp³-hybridized carbons (Fsp3) is 0.222. The van der Waals surface area contributed by atoms with Crippen LogP contribution in [0.25, 0.3) is 22.3 Å². The molecule has 0 atom stereocenters. The molecule has 0 aliphatic carbocycles. The number of hydrogen-bond acceptors (Lipinski definition) is 6. The Hall–Kier alpha value is -3.34. The predicted molar refractivity (Wildman–Crippen MR) is 96.7 cm³/mol. The van der Waals surface area contributed by atoms with Crippen molar-refractivity contribution in [2.24, 2.45) is 0 Å². The first kappa shape index (κ1) is 22.0. The van der Waals surface area contributed by atoms with E-state index in [0.29, 0.717) is 5.82 Å². The van der Waals surface area contributed by atoms with E-state index in [1.807, 2.05) is 31.2 Å². The summed E-state index contributed by atoms with van der Waals surface area (Å²) in [6, 6.07) is 7.64. The van der Waals surface area contributed by atoms with Crippen molar-refractivity contribution in [3.63, 3.8) is 0 Å². The molecule has 154 valence electrons. The van der Waals surface area contributed by atoms with Crippen LogP contribution in [0.1, 0.15) is 5.56 Å². The number of alkyl halides is 3. The number of carboxylic acids is 1. The van der Waals surface area contributed by atoms with Gasteiger partial charge in [-0.05, 0) is 18.6 Å². The zero-order chi connectivity index (χ0) is 21.6. The van der Waals surface area contributed by atoms with Crippen LogP contribution in [0.5, 0.6) is 0 Å². The molecule has 3 aromatic rings. The molecule has 1 aromatic carbocycles. The summed E-state index contributed by atoms with van der Waals surface area (Å²) >= 11 is 0. The molecule has 2 heterocycles. The molecule has 0 unspecified atom stereocenters. The van der Waals surface area contributed by atoms with Gasteiger partial charge in [0.1, 0.15) is 0 Å². The zero-order valence-electron chi connectivity index (χ0n) is 15.0. The Morgan fingerprint density at radius 2 is 1.90 bits per heavy atom. The molecule has 0 saturated carbocycles. The highest BCUT2D eigenvalue weighted by molar-refractivity contribution is 5.94. The Morgan fingerprint density at radius 1 is 1.21 bits per heavy atom. The maximum absolute atomic E-state index is 13.7. The van der Waals surface area contributed by atoms with Crippen LogP contribution in [0.2, 0.25) is 0 Å². The number of aromatic nitrogens is 3. The summed E-state index contributed by atoms with van der Waals surface area (Å²) in [6.45, 7) is 2.11. The van der Waals surface area contributed by atoms with Crippen molar-refractivity contribution in [2.45, 2.75) is 13.1 Å². The van der Waals surface area contributed by atoms with Crippen LogP contribution < -0.4 is 5.32 Å². The summed E-state index contributed by atoms with van der Waals surface area (Å²) < 4.78 is 45.4. The number of aliphatic hydroxyl groups is 1. The van der Waals surface area contributed by atoms with Crippen LogP contribution in [-0.2, 0) is 4.79 Å². The number of pyridine rings is 1. The lowest BCUT2D eigenvalue weighted by atomic mass is 10.0. The summed E-state index contributed by atoms with van der Waals surface area (Å²) in [4.78, 5) is 21.6. The highest BCUT2D eigenvalue weighted by Crippen LogP contribution is 2.28. The van der Waals surface area contributed by atoms with Crippen molar-refractivity contribution in [3.8, 4) is 11.4 Å². The van der Waals surface area contributed by atoms with E-state index >= 15 is 0 Å². The Bertz CT molecular complexity index is 1010. The van der Waals surface area contributed by atoms with Gasteiger partial charge in [0.15, 0.2) is 17.5 Å². The first-order chi connectivity index (χ1) is 13.6. The van der Waals surface area contributed by atoms with Gasteiger partial charge in [-0.15, -0.1) is 0 Å². The first-order valence-electron chi connectivity index (χ1n) is 8.17. The molecule has 3 rings (SSSR count). The highest BCUT2D eigenvalue weighted by atomic mass is 19.4. The lowest BCUT2D eigenvalue weighted by Crippen LogP contribution is -2.21. The topological polar surface area (TPSA) is 108 Å². The second-order valence-electron chi connectivity index (χ2n) is 5.67. The summed E-state index contributed by atoms with van der Waals surface area (Å²) in [6.07, 6.45) is -2.22. The van der Waals surface area contributed by atoms with Gasteiger partial charge < -0.3 is 15.5 Å². The molecule has 0 saturated heterocycles. The fourth-order valence-electron chi connectivity index (χ4n) is 2.30. The predicted octanol–water partition coefficient (Wildman–Crippen LogP) is 3.18. The lowest BCUT2D eigenvalue weighted by Gasteiger charge is -2.09. The number of nitrogens with zero attached hydrogens (tertiary/aromatic N) is 3. The molecule has 0 aliphatic rings. The van der Waals surface area contributed by atoms with Gasteiger partial charge in [-0.2, -0.15) is 13.2 Å². The number of fused-ring (bicyclic) bond motifs is 1. The van der Waals surface area contributed by atoms with Gasteiger partial charge in [-0.25, -0.2) is 19.2 Å². The molecule has 0 fully saturated rings. The molecule has 2 aromatic heterocycles. The Kier molecular flexibility index (Phi) is 6.99. The van der Waals surface area contributed by atoms with Gasteiger partial charge in [0.25, 0.3) is 0 Å². The molecule has 0 radical (unpaired) electrons. The number of aliphatic hydroxyl groups excluding tert-OH is 1. The van der Waals surface area contributed by atoms with Crippen molar-refractivity contribution < 1.29 is 32.6 Å². The number of halogens is 4. The van der Waals surface area contributed by atoms with E-state index in [1.165, 1.54) is 0 Å². The van der Waals surface area contributed by atoms with E-state index in [-0.39, 0.29) is 19.0 Å². The molecular weight excluding hydrogens is 396 g/mol. The zero-order valence-corrected chi connectivity index (χ0v) is 15.0. The van der Waals surface area contributed by atoms with Crippen LogP contribution in [0.15, 0.2) is 36.7 Å². The molecule has 0 spiro atoms. The summed E-state index contributed by atoms with van der Waals surface area (Å²) in [7, 11) is 0. The maximum Gasteiger partial charge on any atom is 0.490 e. The fourth-order valence-corrected chi connectivity index (χ4v) is 2.30. The smallest absolute Gasteiger partial charge is 0.475 e. The maximum atomic E-state index is 13.7. The minimum absolute atomic E-state index is 0.0802. The standard InChI is InChI=1S/C16H15FN4O.C2HF3O2/c1-10-4-5-12(11-3-2-6-18-14(10)11)15-20-9-13(17)16(21-15)19-7-8-22;3-2(4,5)1(6)7/h2-6,9,22H,7-8H2,1H3,(H,19,20,21);(H,6,7). The van der Waals surface area contributed by atoms with Crippen LogP contribution in [0.4, 0.5) is 23.4 Å². The van der Waals surface area contributed by atoms with Gasteiger partial charge in [0.2, 0.25) is 0 Å². The van der Waals surface area contributed by atoms with E-state index in [9.17, 15) is 17.6 Å². The summed E-state index contributed by atoms with van der Waals surface area (Å²) in [5, 5.41) is 19.6. The number of rotatable bonds is 4. The number of benzene rings is 1. The van der Waals surface area contributed by atoms with E-state index in [4.69, 9.17) is 15.0 Å². The lowest BCUT2D eigenvalue weighted by molar-refractivity contribution is -0.192. The summed E-state index contributed by atoms with van der Waals surface area (Å²) in [5.41, 5.74) is 2.72. The van der Waals surface area contributed by atoms with Crippen molar-refractivity contribution in [3.05, 3.63) is 48.0 Å². The third kappa shape index (κ3) is 5.57. The number of aliphatic carboxylic acids is 1. The van der Waals surface area contributed by atoms with E-state index in [1.54, 1.807) is 6.20 Å². The Morgan fingerprint density at radius 3 is 2.52 bits per heavy atom. The molecule has 0 bridgehead atoms. The molecule has 0 amide bonds. The highest BCUT2D eigenvalue weighted by Gasteiger charge is 2.38. The van der Waals surface area contributed by atoms with Gasteiger partial charge in [-0.1, -0.05) is 18.2 Å². The van der Waals surface area contributed by atoms with Crippen LogP contribution >= 0.6 is 0 Å². The molecule has 0 aliphatic heterocycles. The minimum atomic E-state index is -5.08. The number of aryl methyl sites for hydroxylation is 1. The first-order valence-corrected chi connectivity index (χ1v) is 8.17. The second kappa shape index (κ2) is 9.24. The third-order valence-electron chi connectivity index (χ3n) is 3.60. The van der Waals surface area contributed by atoms with Gasteiger partial charge >= 0.3 is 12.1 Å². The average Bonchev–Trinajstić information content (AvgIpc) is 2.68. The quantitative estimate of drug-likeness (QED) is 0.565. The van der Waals surface area contributed by atoms with Crippen LogP contribution in [0, 0.1) is 12.7 Å². The molecular formula is C18H16F4N4O3. The summed E-state index contributed by atoms with van der Waals surface area (Å²) in [5.74, 6) is -2.81. The van der Waals surface area contributed by atoms with E-state index < -0.39 is 18.0 Å². The Labute approximate surface area is 162 Å². The van der Waals surface area contributed by atoms with E-state index in [0.717, 1.165) is 28.2 Å². The molecule has 7 nitrogen and oxygen atoms in total. The number of carbonyl (C=O) groups is 1. The van der Waals surface area contributed by atoms with Crippen molar-refractivity contribution in [1.29, 1.82) is 0 Å². The average molecular weight is 412 g/mol. The molecule has 29 heavy (non-hydrogen) atoms. The van der Waals surface area contributed by atoms with Gasteiger partial charge in [-0.3, -0.25) is 4.98 Å². The largest absolute Gasteiger partial charge is 0.490 e. The van der Waals surface area contributed by atoms with Crippen molar-refractivity contribution in [2.75, 3.05) is 18.5 Å². The van der Waals surface area contributed by atoms with Crippen LogP contribution in [-0.4, -0.2) is 50.5 Å². The second-order valence-corrected chi connectivity index (χ2v) is 5.67. The van der Waals surface area contributed by atoms with E-state index in [2.05, 4.69) is 20.3 Å². The van der Waals surface area contributed by atoms with Crippen molar-refractivity contribution >= 4 is 22.7 Å². The number of nitrogens with one attached hydrogen (secondary N) is 1. The number of anilines is 1. The van der Waals surface area contributed by atoms with Crippen LogP contribution in [0.3, 0.4) is 0 Å². The third-order valence-corrected chi connectivity index (χ3v) is 3.60. The van der Waals surface area contributed by atoms with Gasteiger partial charge in [0.05, 0.1) is 18.3 Å². The molecule has 11 heteroatoms. The normalized spacial score (nSPS) is 11.0. The van der Waals surface area contributed by atoms with Crippen molar-refractivity contribution in [1.82, 2.24) is 15.0 Å². The minimum Gasteiger partial charge on any atom is -0.475 e. The monoisotopic (exact) mass is 412 g/mol. The number of carboxylic acid groups (broad SMARTS) is 1. The Balaban J connectivity index is 0.000000370. The SMILES string of the molecule is Cc1ccc(-c2ncc(F)c(NCCO)n2)c2cccnc12.O=C(O)C(F)(F)F.